The molecule has 2 rings (SSSR count). The molecule has 4 nitrogen and oxygen atoms in total. The second-order valence-corrected chi connectivity index (χ2v) is 5.39. The highest BCUT2D eigenvalue weighted by Gasteiger charge is 2.02. The average Bonchev–Trinajstić information content (AvgIpc) is 2.38. The molecule has 90 valence electrons. The molecular weight excluding hydrogens is 314 g/mol. The van der Waals surface area contributed by atoms with Crippen LogP contribution < -0.4 is 5.56 Å². The number of hydrogen-bond acceptors (Lipinski definition) is 4. The predicted molar refractivity (Wildman–Crippen MR) is 73.3 cm³/mol. The Morgan fingerprint density at radius 2 is 2.11 bits per heavy atom. The molecular formula is C12H8BrN3OS. The Kier molecular flexibility index (Phi) is 4.18. The summed E-state index contributed by atoms with van der Waals surface area (Å²) in [5, 5.41) is 8.62. The fraction of sp³-hybridized carbons (Fsp3) is 0.0833. The topological polar surface area (TPSA) is 69.5 Å². The van der Waals surface area contributed by atoms with Crippen molar-refractivity contribution in [3.8, 4) is 6.07 Å². The maximum Gasteiger partial charge on any atom is 0.268 e. The molecule has 0 aliphatic heterocycles. The van der Waals surface area contributed by atoms with Crippen LogP contribution in [0.1, 0.15) is 11.4 Å². The first-order valence-electron chi connectivity index (χ1n) is 5.05. The quantitative estimate of drug-likeness (QED) is 0.882. The van der Waals surface area contributed by atoms with Crippen LogP contribution in [0.2, 0.25) is 0 Å². The van der Waals surface area contributed by atoms with E-state index in [9.17, 15) is 4.79 Å². The number of nitrogens with zero attached hydrogens (tertiary/aromatic N) is 2. The minimum Gasteiger partial charge on any atom is -0.309 e. The molecule has 0 aliphatic carbocycles. The van der Waals surface area contributed by atoms with Gasteiger partial charge in [-0.1, -0.05) is 15.9 Å². The molecule has 0 saturated heterocycles. The van der Waals surface area contributed by atoms with Crippen molar-refractivity contribution in [2.75, 3.05) is 0 Å². The number of nitrogens with one attached hydrogen (secondary N) is 1. The number of halogens is 1. The van der Waals surface area contributed by atoms with E-state index in [0.717, 1.165) is 9.37 Å². The molecule has 0 bridgehead atoms. The molecule has 0 spiro atoms. The molecule has 1 aromatic carbocycles. The predicted octanol–water partition coefficient (Wildman–Crippen LogP) is 2.70. The van der Waals surface area contributed by atoms with Gasteiger partial charge < -0.3 is 4.98 Å². The molecule has 0 fully saturated rings. The Labute approximate surface area is 116 Å². The molecule has 0 unspecified atom stereocenters. The molecule has 0 amide bonds. The number of aromatic nitrogens is 2. The first kappa shape index (κ1) is 12.9. The highest BCUT2D eigenvalue weighted by molar-refractivity contribution is 9.10. The van der Waals surface area contributed by atoms with Gasteiger partial charge in [0.15, 0.2) is 0 Å². The average molecular weight is 322 g/mol. The molecule has 0 aliphatic rings. The molecule has 0 atom stereocenters. The Hall–Kier alpha value is -1.58. The van der Waals surface area contributed by atoms with E-state index < -0.39 is 0 Å². The highest BCUT2D eigenvalue weighted by atomic mass is 79.9. The third-order valence-electron chi connectivity index (χ3n) is 2.16. The third kappa shape index (κ3) is 3.22. The summed E-state index contributed by atoms with van der Waals surface area (Å²) in [5.74, 6) is 1.12. The van der Waals surface area contributed by atoms with Gasteiger partial charge in [0.25, 0.3) is 5.56 Å². The Bertz CT molecular complexity index is 646. The minimum atomic E-state index is -0.390. The van der Waals surface area contributed by atoms with Gasteiger partial charge in [-0.3, -0.25) is 4.79 Å². The smallest absolute Gasteiger partial charge is 0.268 e. The molecule has 6 heteroatoms. The van der Waals surface area contributed by atoms with Gasteiger partial charge in [0, 0.05) is 9.37 Å². The SMILES string of the molecule is N#Cc1cnc(CSc2ccc(Br)cc2)[nH]c1=O. The zero-order valence-electron chi connectivity index (χ0n) is 9.18. The minimum absolute atomic E-state index is 0.0346. The monoisotopic (exact) mass is 321 g/mol. The van der Waals surface area contributed by atoms with E-state index in [-0.39, 0.29) is 11.1 Å². The summed E-state index contributed by atoms with van der Waals surface area (Å²) >= 11 is 4.94. The van der Waals surface area contributed by atoms with Gasteiger partial charge in [-0.05, 0) is 24.3 Å². The van der Waals surface area contributed by atoms with Crippen LogP contribution >= 0.6 is 27.7 Å². The van der Waals surface area contributed by atoms with Gasteiger partial charge in [-0.2, -0.15) is 5.26 Å². The van der Waals surface area contributed by atoms with Crippen LogP contribution in [0.5, 0.6) is 0 Å². The third-order valence-corrected chi connectivity index (χ3v) is 3.71. The van der Waals surface area contributed by atoms with Crippen molar-refractivity contribution in [1.82, 2.24) is 9.97 Å². The Morgan fingerprint density at radius 1 is 1.39 bits per heavy atom. The van der Waals surface area contributed by atoms with Crippen LogP contribution in [0.3, 0.4) is 0 Å². The highest BCUT2D eigenvalue weighted by Crippen LogP contribution is 2.22. The second kappa shape index (κ2) is 5.85. The van der Waals surface area contributed by atoms with Gasteiger partial charge in [0.05, 0.1) is 11.9 Å². The van der Waals surface area contributed by atoms with Gasteiger partial charge >= 0.3 is 0 Å². The molecule has 1 aromatic heterocycles. The van der Waals surface area contributed by atoms with Gasteiger partial charge in [0.2, 0.25) is 0 Å². The number of rotatable bonds is 3. The maximum absolute atomic E-state index is 11.4. The largest absolute Gasteiger partial charge is 0.309 e. The fourth-order valence-electron chi connectivity index (χ4n) is 1.27. The van der Waals surface area contributed by atoms with Crippen molar-refractivity contribution < 1.29 is 0 Å². The van der Waals surface area contributed by atoms with Crippen LogP contribution in [0.25, 0.3) is 0 Å². The van der Waals surface area contributed by atoms with Gasteiger partial charge in [-0.25, -0.2) is 4.98 Å². The first-order chi connectivity index (χ1) is 8.69. The van der Waals surface area contributed by atoms with Crippen LogP contribution in [0, 0.1) is 11.3 Å². The standard InChI is InChI=1S/C12H8BrN3OS/c13-9-1-3-10(4-2-9)18-7-11-15-6-8(5-14)12(17)16-11/h1-4,6H,7H2,(H,15,16,17). The summed E-state index contributed by atoms with van der Waals surface area (Å²) < 4.78 is 1.02. The summed E-state index contributed by atoms with van der Waals surface area (Å²) in [6.07, 6.45) is 1.30. The zero-order valence-corrected chi connectivity index (χ0v) is 11.6. The summed E-state index contributed by atoms with van der Waals surface area (Å²) in [5.41, 5.74) is -0.355. The van der Waals surface area contributed by atoms with Crippen LogP contribution in [-0.4, -0.2) is 9.97 Å². The number of aromatic amines is 1. The van der Waals surface area contributed by atoms with Crippen molar-refractivity contribution in [1.29, 1.82) is 5.26 Å². The lowest BCUT2D eigenvalue weighted by atomic mass is 10.4. The van der Waals surface area contributed by atoms with Crippen LogP contribution in [0.15, 0.2) is 44.6 Å². The number of thioether (sulfide) groups is 1. The van der Waals surface area contributed by atoms with E-state index in [1.807, 2.05) is 24.3 Å². The summed E-state index contributed by atoms with van der Waals surface area (Å²) in [6, 6.07) is 9.66. The first-order valence-corrected chi connectivity index (χ1v) is 6.83. The van der Waals surface area contributed by atoms with Crippen molar-refractivity contribution in [3.63, 3.8) is 0 Å². The summed E-state index contributed by atoms with van der Waals surface area (Å²) in [4.78, 5) is 19.1. The fourth-order valence-corrected chi connectivity index (χ4v) is 2.31. The van der Waals surface area contributed by atoms with Crippen LogP contribution in [0.4, 0.5) is 0 Å². The van der Waals surface area contributed by atoms with E-state index in [2.05, 4.69) is 25.9 Å². The van der Waals surface area contributed by atoms with Crippen molar-refractivity contribution in [2.45, 2.75) is 10.6 Å². The van der Waals surface area contributed by atoms with Crippen molar-refractivity contribution in [2.24, 2.45) is 0 Å². The summed E-state index contributed by atoms with van der Waals surface area (Å²) in [6.45, 7) is 0. The number of nitriles is 1. The van der Waals surface area contributed by atoms with E-state index in [1.54, 1.807) is 17.8 Å². The second-order valence-electron chi connectivity index (χ2n) is 3.43. The zero-order chi connectivity index (χ0) is 13.0. The molecule has 1 N–H and O–H groups in total. The number of H-pyrrole nitrogens is 1. The van der Waals surface area contributed by atoms with E-state index in [4.69, 9.17) is 5.26 Å². The normalized spacial score (nSPS) is 10.0. The molecule has 0 radical (unpaired) electrons. The van der Waals surface area contributed by atoms with Crippen molar-refractivity contribution in [3.05, 3.63) is 56.7 Å². The lowest BCUT2D eigenvalue weighted by molar-refractivity contribution is 0.992. The van der Waals surface area contributed by atoms with Crippen LogP contribution in [-0.2, 0) is 5.75 Å². The Morgan fingerprint density at radius 3 is 2.72 bits per heavy atom. The lowest BCUT2D eigenvalue weighted by Crippen LogP contribution is -2.13. The molecule has 0 saturated carbocycles. The van der Waals surface area contributed by atoms with E-state index >= 15 is 0 Å². The Balaban J connectivity index is 2.07. The molecule has 18 heavy (non-hydrogen) atoms. The lowest BCUT2D eigenvalue weighted by Gasteiger charge is -2.01. The number of benzene rings is 1. The molecule has 1 heterocycles. The number of hydrogen-bond donors (Lipinski definition) is 1. The molecule has 2 aromatic rings. The maximum atomic E-state index is 11.4. The van der Waals surface area contributed by atoms with E-state index in [0.29, 0.717) is 11.6 Å². The summed E-state index contributed by atoms with van der Waals surface area (Å²) in [7, 11) is 0. The van der Waals surface area contributed by atoms with Gasteiger partial charge in [0.1, 0.15) is 17.5 Å². The van der Waals surface area contributed by atoms with E-state index in [1.165, 1.54) is 6.20 Å². The van der Waals surface area contributed by atoms with Gasteiger partial charge in [-0.15, -0.1) is 11.8 Å². The van der Waals surface area contributed by atoms with Crippen molar-refractivity contribution >= 4 is 27.7 Å².